The van der Waals surface area contributed by atoms with E-state index in [-0.39, 0.29) is 33.5 Å². The molecule has 1 heterocycles. The fourth-order valence-electron chi connectivity index (χ4n) is 4.18. The maximum Gasteiger partial charge on any atom is 0.400 e. The predicted molar refractivity (Wildman–Crippen MR) is 125 cm³/mol. The van der Waals surface area contributed by atoms with Crippen LogP contribution < -0.4 is 0 Å². The minimum absolute atomic E-state index is 0.00531. The average molecular weight is 515 g/mol. The number of rotatable bonds is 4. The number of fused-ring (bicyclic) bond motifs is 1. The highest BCUT2D eigenvalue weighted by Gasteiger charge is 2.58. The lowest BCUT2D eigenvalue weighted by Gasteiger charge is -2.32. The molecule has 0 aromatic heterocycles. The number of carbonyl (C=O) groups excluding carboxylic acids is 1. The highest BCUT2D eigenvalue weighted by atomic mass is 35.5. The zero-order chi connectivity index (χ0) is 24.0. The van der Waals surface area contributed by atoms with E-state index in [1.54, 1.807) is 30.3 Å². The topological polar surface area (TPSA) is 38.7 Å². The van der Waals surface area contributed by atoms with E-state index < -0.39 is 24.1 Å². The van der Waals surface area contributed by atoms with Crippen molar-refractivity contribution in [1.29, 1.82) is 0 Å². The number of alkyl halides is 3. The van der Waals surface area contributed by atoms with Crippen LogP contribution in [0.4, 0.5) is 13.2 Å². The van der Waals surface area contributed by atoms with E-state index in [1.165, 1.54) is 19.2 Å². The van der Waals surface area contributed by atoms with Gasteiger partial charge in [-0.05, 0) is 34.0 Å². The lowest BCUT2D eigenvalue weighted by atomic mass is 9.76. The van der Waals surface area contributed by atoms with Gasteiger partial charge in [0.05, 0.1) is 35.1 Å². The monoisotopic (exact) mass is 513 g/mol. The molecule has 0 radical (unpaired) electrons. The molecule has 0 saturated heterocycles. The van der Waals surface area contributed by atoms with Gasteiger partial charge in [-0.25, -0.2) is 0 Å². The molecule has 3 aromatic carbocycles. The van der Waals surface area contributed by atoms with E-state index >= 15 is 0 Å². The van der Waals surface area contributed by atoms with Crippen molar-refractivity contribution in [3.8, 4) is 0 Å². The van der Waals surface area contributed by atoms with Gasteiger partial charge in [0.15, 0.2) is 0 Å². The normalized spacial score (nSPS) is 18.5. The van der Waals surface area contributed by atoms with Gasteiger partial charge in [0.25, 0.3) is 0 Å². The minimum Gasteiger partial charge on any atom is -0.469 e. The maximum absolute atomic E-state index is 14.5. The Kier molecular flexibility index (Phi) is 6.38. The number of methoxy groups -OCH3 is 1. The molecule has 172 valence electrons. The van der Waals surface area contributed by atoms with Gasteiger partial charge in [-0.15, -0.1) is 0 Å². The molecule has 0 saturated carbocycles. The lowest BCUT2D eigenvalue weighted by molar-refractivity contribution is -0.183. The first-order chi connectivity index (χ1) is 15.6. The van der Waals surface area contributed by atoms with Gasteiger partial charge < -0.3 is 4.74 Å². The highest BCUT2D eigenvalue weighted by Crippen LogP contribution is 2.50. The van der Waals surface area contributed by atoms with Gasteiger partial charge in [0.2, 0.25) is 0 Å². The highest BCUT2D eigenvalue weighted by molar-refractivity contribution is 6.48. The van der Waals surface area contributed by atoms with E-state index in [0.29, 0.717) is 16.7 Å². The first-order valence-corrected chi connectivity index (χ1v) is 11.0. The molecule has 0 spiro atoms. The first-order valence-electron chi connectivity index (χ1n) is 9.90. The van der Waals surface area contributed by atoms with Crippen molar-refractivity contribution in [2.24, 2.45) is 4.99 Å². The summed E-state index contributed by atoms with van der Waals surface area (Å²) in [6.07, 6.45) is -4.94. The van der Waals surface area contributed by atoms with Crippen LogP contribution in [0.1, 0.15) is 23.1 Å². The summed E-state index contributed by atoms with van der Waals surface area (Å²) < 4.78 is 48.2. The molecule has 0 aliphatic carbocycles. The molecule has 0 bridgehead atoms. The summed E-state index contributed by atoms with van der Waals surface area (Å²) in [6, 6.07) is 13.1. The third kappa shape index (κ3) is 4.20. The van der Waals surface area contributed by atoms with Crippen molar-refractivity contribution in [1.82, 2.24) is 0 Å². The Bertz CT molecular complexity index is 1270. The largest absolute Gasteiger partial charge is 0.469 e. The van der Waals surface area contributed by atoms with Crippen LogP contribution >= 0.6 is 34.8 Å². The van der Waals surface area contributed by atoms with Gasteiger partial charge in [-0.3, -0.25) is 9.79 Å². The Balaban J connectivity index is 1.80. The molecule has 3 aromatic rings. The van der Waals surface area contributed by atoms with Crippen LogP contribution in [-0.4, -0.2) is 31.5 Å². The van der Waals surface area contributed by atoms with Gasteiger partial charge in [-0.1, -0.05) is 71.2 Å². The molecule has 1 unspecified atom stereocenters. The summed E-state index contributed by atoms with van der Waals surface area (Å²) in [5, 5.41) is 1.38. The summed E-state index contributed by atoms with van der Waals surface area (Å²) in [6.45, 7) is -0.502. The number of benzene rings is 3. The summed E-state index contributed by atoms with van der Waals surface area (Å²) in [5.74, 6) is -0.404. The summed E-state index contributed by atoms with van der Waals surface area (Å²) >= 11 is 18.1. The van der Waals surface area contributed by atoms with Crippen LogP contribution in [-0.2, 0) is 21.4 Å². The predicted octanol–water partition coefficient (Wildman–Crippen LogP) is 7.21. The minimum atomic E-state index is -4.61. The standard InChI is InChI=1S/C24H17Cl3F3NO2/c1-33-21(32)8-13-6-7-17(16-5-3-2-4-15(13)16)20-11-23(12-31-20,24(28,29)30)14-9-18(25)22(27)19(26)10-14/h2-7,9-10H,8,11-12H2,1H3. The molecule has 4 rings (SSSR count). The van der Waals surface area contributed by atoms with Gasteiger partial charge in [0, 0.05) is 17.7 Å². The summed E-state index contributed by atoms with van der Waals surface area (Å²) in [4.78, 5) is 16.1. The molecule has 3 nitrogen and oxygen atoms in total. The molecular formula is C24H17Cl3F3NO2. The average Bonchev–Trinajstić information content (AvgIpc) is 3.24. The number of carbonyl (C=O) groups is 1. The Morgan fingerprint density at radius 3 is 2.30 bits per heavy atom. The van der Waals surface area contributed by atoms with Crippen molar-refractivity contribution in [2.75, 3.05) is 13.7 Å². The Hall–Kier alpha value is -2.28. The Labute approximate surface area is 203 Å². The van der Waals surface area contributed by atoms with Crippen molar-refractivity contribution >= 4 is 57.3 Å². The SMILES string of the molecule is COC(=O)Cc1ccc(C2=NCC(c3cc(Cl)c(Cl)c(Cl)c3)(C(F)(F)F)C2)c2ccccc12. The van der Waals surface area contributed by atoms with E-state index in [2.05, 4.69) is 4.99 Å². The smallest absolute Gasteiger partial charge is 0.400 e. The van der Waals surface area contributed by atoms with Crippen molar-refractivity contribution in [2.45, 2.75) is 24.4 Å². The lowest BCUT2D eigenvalue weighted by Crippen LogP contribution is -2.43. The first kappa shape index (κ1) is 23.9. The van der Waals surface area contributed by atoms with E-state index in [0.717, 1.165) is 10.9 Å². The summed E-state index contributed by atoms with van der Waals surface area (Å²) in [5.41, 5.74) is -0.754. The van der Waals surface area contributed by atoms with Crippen LogP contribution in [0, 0.1) is 0 Å². The quantitative estimate of drug-likeness (QED) is 0.273. The van der Waals surface area contributed by atoms with Gasteiger partial charge in [-0.2, -0.15) is 13.2 Å². The fourth-order valence-corrected chi connectivity index (χ4v) is 4.78. The Morgan fingerprint density at radius 1 is 1.06 bits per heavy atom. The van der Waals surface area contributed by atoms with E-state index in [9.17, 15) is 18.0 Å². The zero-order valence-electron chi connectivity index (χ0n) is 17.3. The van der Waals surface area contributed by atoms with E-state index in [1.807, 2.05) is 6.07 Å². The molecule has 1 aliphatic rings. The van der Waals surface area contributed by atoms with Gasteiger partial charge >= 0.3 is 12.1 Å². The van der Waals surface area contributed by atoms with Crippen molar-refractivity contribution in [3.05, 3.63) is 80.3 Å². The molecule has 0 fully saturated rings. The molecule has 9 heteroatoms. The van der Waals surface area contributed by atoms with Crippen LogP contribution in [0.5, 0.6) is 0 Å². The number of ether oxygens (including phenoxy) is 1. The van der Waals surface area contributed by atoms with Crippen molar-refractivity contribution < 1.29 is 22.7 Å². The second kappa shape index (κ2) is 8.82. The third-order valence-electron chi connectivity index (χ3n) is 5.98. The third-order valence-corrected chi connectivity index (χ3v) is 7.17. The maximum atomic E-state index is 14.5. The number of hydrogen-bond acceptors (Lipinski definition) is 3. The summed E-state index contributed by atoms with van der Waals surface area (Å²) in [7, 11) is 1.30. The molecule has 33 heavy (non-hydrogen) atoms. The molecule has 0 amide bonds. The molecule has 1 aliphatic heterocycles. The number of esters is 1. The number of halogens is 6. The van der Waals surface area contributed by atoms with Crippen LogP contribution in [0.25, 0.3) is 10.8 Å². The van der Waals surface area contributed by atoms with Crippen LogP contribution in [0.2, 0.25) is 15.1 Å². The van der Waals surface area contributed by atoms with Crippen molar-refractivity contribution in [3.63, 3.8) is 0 Å². The Morgan fingerprint density at radius 2 is 1.70 bits per heavy atom. The van der Waals surface area contributed by atoms with E-state index in [4.69, 9.17) is 39.5 Å². The van der Waals surface area contributed by atoms with Crippen LogP contribution in [0.3, 0.4) is 0 Å². The zero-order valence-corrected chi connectivity index (χ0v) is 19.5. The number of nitrogens with zero attached hydrogens (tertiary/aromatic N) is 1. The fraction of sp³-hybridized carbons (Fsp3) is 0.250. The van der Waals surface area contributed by atoms with Crippen LogP contribution in [0.15, 0.2) is 53.5 Å². The number of hydrogen-bond donors (Lipinski definition) is 0. The number of aliphatic imine (C=N–C) groups is 1. The second-order valence-electron chi connectivity index (χ2n) is 7.84. The molecule has 0 N–H and O–H groups in total. The molecule has 1 atom stereocenters. The molecular weight excluding hydrogens is 498 g/mol. The second-order valence-corrected chi connectivity index (χ2v) is 9.04. The van der Waals surface area contributed by atoms with Gasteiger partial charge in [0.1, 0.15) is 5.41 Å².